The molecule has 2 fully saturated rings. The summed E-state index contributed by atoms with van der Waals surface area (Å²) in [5.74, 6) is 2.89. The first-order valence-corrected chi connectivity index (χ1v) is 9.66. The average Bonchev–Trinajstić information content (AvgIpc) is 3.31. The summed E-state index contributed by atoms with van der Waals surface area (Å²) in [7, 11) is 0. The van der Waals surface area contributed by atoms with E-state index >= 15 is 0 Å². The molecular formula is C18H23ClN4O2S. The summed E-state index contributed by atoms with van der Waals surface area (Å²) in [4.78, 5) is 20.2. The highest BCUT2D eigenvalue weighted by Crippen LogP contribution is 2.38. The van der Waals surface area contributed by atoms with E-state index in [1.54, 1.807) is 18.7 Å². The third-order valence-electron chi connectivity index (χ3n) is 5.24. The Morgan fingerprint density at radius 1 is 1.35 bits per heavy atom. The molecule has 26 heavy (non-hydrogen) atoms. The second kappa shape index (κ2) is 7.98. The normalized spacial score (nSPS) is 24.4. The van der Waals surface area contributed by atoms with Gasteiger partial charge < -0.3 is 15.2 Å². The van der Waals surface area contributed by atoms with Gasteiger partial charge in [0, 0.05) is 24.0 Å². The first kappa shape index (κ1) is 19.2. The lowest BCUT2D eigenvalue weighted by molar-refractivity contribution is 0.0776. The number of fused-ring (bicyclic) bond motifs is 1. The Kier molecular flexibility index (Phi) is 5.89. The lowest BCUT2D eigenvalue weighted by Gasteiger charge is -2.20. The molecule has 2 aliphatic rings. The molecule has 8 heteroatoms. The molecule has 0 spiro atoms. The number of hydrogen-bond acceptors (Lipinski definition) is 6. The van der Waals surface area contributed by atoms with E-state index in [0.29, 0.717) is 29.3 Å². The second-order valence-corrected chi connectivity index (χ2v) is 7.91. The fourth-order valence-electron chi connectivity index (χ4n) is 3.95. The Morgan fingerprint density at radius 2 is 2.15 bits per heavy atom. The number of halogens is 1. The minimum absolute atomic E-state index is 0. The van der Waals surface area contributed by atoms with Gasteiger partial charge in [-0.1, -0.05) is 17.3 Å². The molecule has 2 aromatic rings. The summed E-state index contributed by atoms with van der Waals surface area (Å²) in [6, 6.07) is 7.98. The zero-order chi connectivity index (χ0) is 17.4. The van der Waals surface area contributed by atoms with E-state index in [1.165, 1.54) is 0 Å². The highest BCUT2D eigenvalue weighted by Gasteiger charge is 2.42. The van der Waals surface area contributed by atoms with E-state index in [9.17, 15) is 4.79 Å². The van der Waals surface area contributed by atoms with Crippen LogP contribution in [-0.4, -0.2) is 40.1 Å². The van der Waals surface area contributed by atoms with Crippen LogP contribution in [0.15, 0.2) is 33.7 Å². The summed E-state index contributed by atoms with van der Waals surface area (Å²) in [6.45, 7) is 3.41. The van der Waals surface area contributed by atoms with Gasteiger partial charge in [-0.2, -0.15) is 4.98 Å². The van der Waals surface area contributed by atoms with Gasteiger partial charge in [0.1, 0.15) is 0 Å². The van der Waals surface area contributed by atoms with Gasteiger partial charge in [0.15, 0.2) is 5.82 Å². The van der Waals surface area contributed by atoms with Crippen molar-refractivity contribution in [2.75, 3.05) is 13.1 Å². The number of hydrogen-bond donors (Lipinski definition) is 1. The SMILES string of the molecule is Cc1noc(CSc2ccccc2C(=O)N2CC3CCC(N)C3C2)n1.Cl. The van der Waals surface area contributed by atoms with Gasteiger partial charge in [0.2, 0.25) is 5.89 Å². The van der Waals surface area contributed by atoms with Crippen molar-refractivity contribution in [3.63, 3.8) is 0 Å². The van der Waals surface area contributed by atoms with E-state index < -0.39 is 0 Å². The highest BCUT2D eigenvalue weighted by molar-refractivity contribution is 7.98. The number of nitrogens with zero attached hydrogens (tertiary/aromatic N) is 3. The molecule has 2 N–H and O–H groups in total. The van der Waals surface area contributed by atoms with E-state index in [0.717, 1.165) is 36.4 Å². The Hall–Kier alpha value is -1.57. The highest BCUT2D eigenvalue weighted by atomic mass is 35.5. The first-order chi connectivity index (χ1) is 12.1. The first-order valence-electron chi connectivity index (χ1n) is 8.67. The van der Waals surface area contributed by atoms with Crippen LogP contribution in [0, 0.1) is 18.8 Å². The molecule has 1 aliphatic carbocycles. The summed E-state index contributed by atoms with van der Waals surface area (Å²) in [6.07, 6.45) is 2.23. The van der Waals surface area contributed by atoms with Gasteiger partial charge in [0.05, 0.1) is 11.3 Å². The van der Waals surface area contributed by atoms with E-state index in [-0.39, 0.29) is 24.4 Å². The van der Waals surface area contributed by atoms with E-state index in [4.69, 9.17) is 10.3 Å². The molecular weight excluding hydrogens is 372 g/mol. The number of rotatable bonds is 4. The van der Waals surface area contributed by atoms with Crippen molar-refractivity contribution in [2.45, 2.75) is 36.5 Å². The Morgan fingerprint density at radius 3 is 2.88 bits per heavy atom. The lowest BCUT2D eigenvalue weighted by Crippen LogP contribution is -2.33. The summed E-state index contributed by atoms with van der Waals surface area (Å²) < 4.78 is 5.16. The molecule has 2 heterocycles. The molecule has 0 radical (unpaired) electrons. The minimum atomic E-state index is 0. The number of carbonyl (C=O) groups excluding carboxylic acids is 1. The maximum absolute atomic E-state index is 13.0. The molecule has 1 amide bonds. The molecule has 1 aromatic heterocycles. The van der Waals surface area contributed by atoms with Crippen LogP contribution in [0.25, 0.3) is 0 Å². The second-order valence-electron chi connectivity index (χ2n) is 6.90. The standard InChI is InChI=1S/C18H22N4O2S.ClH/c1-11-20-17(24-21-11)10-25-16-5-3-2-4-13(16)18(23)22-8-12-6-7-15(19)14(12)9-22;/h2-5,12,14-15H,6-10,19H2,1H3;1H. The van der Waals surface area contributed by atoms with Crippen molar-refractivity contribution >= 4 is 30.1 Å². The fraction of sp³-hybridized carbons (Fsp3) is 0.500. The number of aryl methyl sites for hydroxylation is 1. The summed E-state index contributed by atoms with van der Waals surface area (Å²) in [5, 5.41) is 3.80. The molecule has 4 rings (SSSR count). The van der Waals surface area contributed by atoms with E-state index in [1.807, 2.05) is 29.2 Å². The molecule has 1 aromatic carbocycles. The predicted octanol–water partition coefficient (Wildman–Crippen LogP) is 2.90. The molecule has 1 saturated carbocycles. The average molecular weight is 395 g/mol. The minimum Gasteiger partial charge on any atom is -0.338 e. The summed E-state index contributed by atoms with van der Waals surface area (Å²) in [5.41, 5.74) is 6.95. The van der Waals surface area contributed by atoms with Crippen LogP contribution < -0.4 is 5.73 Å². The molecule has 3 atom stereocenters. The number of aromatic nitrogens is 2. The molecule has 6 nitrogen and oxygen atoms in total. The van der Waals surface area contributed by atoms with Crippen LogP contribution in [0.2, 0.25) is 0 Å². The Bertz CT molecular complexity index is 784. The maximum atomic E-state index is 13.0. The monoisotopic (exact) mass is 394 g/mol. The third-order valence-corrected chi connectivity index (χ3v) is 6.30. The van der Waals surface area contributed by atoms with Crippen LogP contribution in [0.3, 0.4) is 0 Å². The van der Waals surface area contributed by atoms with Crippen LogP contribution >= 0.6 is 24.2 Å². The van der Waals surface area contributed by atoms with Crippen molar-refractivity contribution in [2.24, 2.45) is 17.6 Å². The topological polar surface area (TPSA) is 85.2 Å². The number of amides is 1. The quantitative estimate of drug-likeness (QED) is 0.802. The van der Waals surface area contributed by atoms with Gasteiger partial charge in [-0.3, -0.25) is 4.79 Å². The van der Waals surface area contributed by atoms with Gasteiger partial charge in [-0.15, -0.1) is 24.2 Å². The van der Waals surface area contributed by atoms with Crippen LogP contribution in [0.5, 0.6) is 0 Å². The maximum Gasteiger partial charge on any atom is 0.255 e. The number of likely N-dealkylation sites (tertiary alicyclic amines) is 1. The van der Waals surface area contributed by atoms with Crippen LogP contribution in [0.1, 0.15) is 34.9 Å². The van der Waals surface area contributed by atoms with Crippen molar-refractivity contribution in [3.8, 4) is 0 Å². The predicted molar refractivity (Wildman–Crippen MR) is 102 cm³/mol. The van der Waals surface area contributed by atoms with Crippen molar-refractivity contribution in [3.05, 3.63) is 41.5 Å². The Balaban J connectivity index is 0.00000196. The molecule has 1 saturated heterocycles. The van der Waals surface area contributed by atoms with Crippen LogP contribution in [-0.2, 0) is 5.75 Å². The van der Waals surface area contributed by atoms with Gasteiger partial charge in [-0.25, -0.2) is 0 Å². The Labute approximate surface area is 163 Å². The van der Waals surface area contributed by atoms with E-state index in [2.05, 4.69) is 10.1 Å². The summed E-state index contributed by atoms with van der Waals surface area (Å²) >= 11 is 1.55. The number of benzene rings is 1. The molecule has 140 valence electrons. The smallest absolute Gasteiger partial charge is 0.255 e. The zero-order valence-electron chi connectivity index (χ0n) is 14.6. The molecule has 0 bridgehead atoms. The lowest BCUT2D eigenvalue weighted by atomic mass is 9.98. The zero-order valence-corrected chi connectivity index (χ0v) is 16.3. The molecule has 1 aliphatic heterocycles. The van der Waals surface area contributed by atoms with Crippen molar-refractivity contribution in [1.29, 1.82) is 0 Å². The van der Waals surface area contributed by atoms with Gasteiger partial charge in [0.25, 0.3) is 5.91 Å². The van der Waals surface area contributed by atoms with Crippen LogP contribution in [0.4, 0.5) is 0 Å². The van der Waals surface area contributed by atoms with Crippen molar-refractivity contribution in [1.82, 2.24) is 15.0 Å². The molecule has 3 unspecified atom stereocenters. The number of carbonyl (C=O) groups is 1. The van der Waals surface area contributed by atoms with Gasteiger partial charge >= 0.3 is 0 Å². The van der Waals surface area contributed by atoms with Gasteiger partial charge in [-0.05, 0) is 43.7 Å². The fourth-order valence-corrected chi connectivity index (χ4v) is 4.83. The third kappa shape index (κ3) is 3.75. The number of thioether (sulfide) groups is 1. The number of nitrogens with two attached hydrogens (primary N) is 1. The van der Waals surface area contributed by atoms with Crippen molar-refractivity contribution < 1.29 is 9.32 Å². The largest absolute Gasteiger partial charge is 0.338 e.